The van der Waals surface area contributed by atoms with Crippen LogP contribution in [0.1, 0.15) is 12.8 Å². The number of piperazine rings is 1. The lowest BCUT2D eigenvalue weighted by Gasteiger charge is -2.33. The summed E-state index contributed by atoms with van der Waals surface area (Å²) in [7, 11) is -3.79. The lowest BCUT2D eigenvalue weighted by atomic mass is 10.2. The van der Waals surface area contributed by atoms with Gasteiger partial charge in [-0.05, 0) is 25.0 Å². The second kappa shape index (κ2) is 5.15. The molecule has 0 saturated carbocycles. The van der Waals surface area contributed by atoms with E-state index < -0.39 is 16.1 Å². The summed E-state index contributed by atoms with van der Waals surface area (Å²) >= 11 is 6.07. The van der Waals surface area contributed by atoms with Crippen LogP contribution in [0, 0.1) is 0 Å². The molecule has 2 saturated heterocycles. The Morgan fingerprint density at radius 3 is 2.87 bits per heavy atom. The van der Waals surface area contributed by atoms with Crippen LogP contribution in [-0.2, 0) is 14.8 Å². The molecule has 120 valence electrons. The third-order valence-corrected chi connectivity index (χ3v) is 6.85. The van der Waals surface area contributed by atoms with E-state index in [2.05, 4.69) is 10.3 Å². The van der Waals surface area contributed by atoms with E-state index >= 15 is 0 Å². The smallest absolute Gasteiger partial charge is 0.244 e. The van der Waals surface area contributed by atoms with E-state index in [9.17, 15) is 13.2 Å². The SMILES string of the molecule is O=C1NCC2CCC1N2S(=O)(=O)c1cccc2c(Cl)nccc12. The van der Waals surface area contributed by atoms with Crippen LogP contribution in [-0.4, -0.2) is 42.2 Å². The molecule has 8 heteroatoms. The van der Waals surface area contributed by atoms with Crippen molar-refractivity contribution in [3.63, 3.8) is 0 Å². The van der Waals surface area contributed by atoms with E-state index in [0.29, 0.717) is 30.2 Å². The minimum absolute atomic E-state index is 0.172. The normalized spacial score (nSPS) is 24.8. The number of carbonyl (C=O) groups excluding carboxylic acids is 1. The maximum Gasteiger partial charge on any atom is 0.244 e. The number of pyridine rings is 1. The number of benzene rings is 1. The standard InChI is InChI=1S/C15H14ClN3O3S/c16-14-11-2-1-3-13(10(11)6-7-17-14)23(21,22)19-9-4-5-12(19)15(20)18-8-9/h1-3,6-7,9,12H,4-5,8H2,(H,18,20). The molecule has 1 amide bonds. The zero-order chi connectivity index (χ0) is 16.2. The Hall–Kier alpha value is -1.70. The van der Waals surface area contributed by atoms with Crippen molar-refractivity contribution in [3.8, 4) is 0 Å². The van der Waals surface area contributed by atoms with Gasteiger partial charge in [0.2, 0.25) is 15.9 Å². The van der Waals surface area contributed by atoms with Gasteiger partial charge in [0.1, 0.15) is 11.2 Å². The zero-order valence-corrected chi connectivity index (χ0v) is 13.6. The molecule has 1 aromatic heterocycles. The number of fused-ring (bicyclic) bond motifs is 3. The van der Waals surface area contributed by atoms with E-state index in [1.165, 1.54) is 10.5 Å². The van der Waals surface area contributed by atoms with Crippen molar-refractivity contribution < 1.29 is 13.2 Å². The van der Waals surface area contributed by atoms with Gasteiger partial charge in [0.15, 0.2) is 0 Å². The quantitative estimate of drug-likeness (QED) is 0.832. The first-order valence-corrected chi connectivity index (χ1v) is 9.16. The summed E-state index contributed by atoms with van der Waals surface area (Å²) in [6, 6.07) is 5.78. The van der Waals surface area contributed by atoms with Crippen LogP contribution < -0.4 is 5.32 Å². The summed E-state index contributed by atoms with van der Waals surface area (Å²) in [4.78, 5) is 16.2. The fraction of sp³-hybridized carbons (Fsp3) is 0.333. The molecular weight excluding hydrogens is 338 g/mol. The summed E-state index contributed by atoms with van der Waals surface area (Å²) in [6.45, 7) is 0.363. The van der Waals surface area contributed by atoms with Crippen LogP contribution >= 0.6 is 11.6 Å². The first kappa shape index (κ1) is 14.9. The summed E-state index contributed by atoms with van der Waals surface area (Å²) in [5, 5.41) is 4.14. The molecular formula is C15H14ClN3O3S. The maximum absolute atomic E-state index is 13.2. The lowest BCUT2D eigenvalue weighted by Crippen LogP contribution is -2.57. The number of hydrogen-bond donors (Lipinski definition) is 1. The van der Waals surface area contributed by atoms with Gasteiger partial charge >= 0.3 is 0 Å². The Morgan fingerprint density at radius 2 is 2.04 bits per heavy atom. The fourth-order valence-electron chi connectivity index (χ4n) is 3.48. The highest BCUT2D eigenvalue weighted by Crippen LogP contribution is 2.36. The van der Waals surface area contributed by atoms with Gasteiger partial charge in [-0.1, -0.05) is 23.7 Å². The molecule has 1 N–H and O–H groups in total. The molecule has 2 fully saturated rings. The van der Waals surface area contributed by atoms with Crippen molar-refractivity contribution in [2.24, 2.45) is 0 Å². The van der Waals surface area contributed by atoms with Gasteiger partial charge in [0.25, 0.3) is 0 Å². The molecule has 2 aromatic rings. The highest BCUT2D eigenvalue weighted by Gasteiger charge is 2.48. The lowest BCUT2D eigenvalue weighted by molar-refractivity contribution is -0.126. The molecule has 1 aromatic carbocycles. The Bertz CT molecular complexity index is 915. The minimum atomic E-state index is -3.79. The second-order valence-corrected chi connectivity index (χ2v) is 7.95. The molecule has 2 aliphatic rings. The average Bonchev–Trinajstić information content (AvgIpc) is 2.89. The predicted octanol–water partition coefficient (Wildman–Crippen LogP) is 1.54. The molecule has 2 aliphatic heterocycles. The van der Waals surface area contributed by atoms with Crippen LogP contribution in [0.5, 0.6) is 0 Å². The number of nitrogens with one attached hydrogen (secondary N) is 1. The summed E-state index contributed by atoms with van der Waals surface area (Å²) < 4.78 is 27.8. The Balaban J connectivity index is 1.90. The maximum atomic E-state index is 13.2. The molecule has 2 atom stereocenters. The van der Waals surface area contributed by atoms with Gasteiger partial charge < -0.3 is 5.32 Å². The first-order valence-electron chi connectivity index (χ1n) is 7.34. The second-order valence-electron chi connectivity index (χ2n) is 5.78. The number of amides is 1. The summed E-state index contributed by atoms with van der Waals surface area (Å²) in [5.74, 6) is -0.220. The van der Waals surface area contributed by atoms with Gasteiger partial charge in [-0.15, -0.1) is 0 Å². The number of aromatic nitrogens is 1. The number of rotatable bonds is 2. The number of halogens is 1. The molecule has 23 heavy (non-hydrogen) atoms. The number of sulfonamides is 1. The van der Waals surface area contributed by atoms with Gasteiger partial charge in [0.05, 0.1) is 4.90 Å². The first-order chi connectivity index (χ1) is 11.0. The highest BCUT2D eigenvalue weighted by molar-refractivity contribution is 7.89. The molecule has 2 bridgehead atoms. The zero-order valence-electron chi connectivity index (χ0n) is 12.1. The third kappa shape index (κ3) is 2.14. The van der Waals surface area contributed by atoms with Crippen molar-refractivity contribution in [2.75, 3.05) is 6.54 Å². The van der Waals surface area contributed by atoms with Gasteiger partial charge in [0, 0.05) is 29.6 Å². The summed E-state index contributed by atoms with van der Waals surface area (Å²) in [5.41, 5.74) is 0. The Kier molecular flexibility index (Phi) is 3.33. The van der Waals surface area contributed by atoms with E-state index in [1.807, 2.05) is 0 Å². The summed E-state index contributed by atoms with van der Waals surface area (Å²) in [6.07, 6.45) is 2.74. The van der Waals surface area contributed by atoms with Gasteiger partial charge in [-0.25, -0.2) is 13.4 Å². The van der Waals surface area contributed by atoms with Gasteiger partial charge in [-0.3, -0.25) is 4.79 Å². The van der Waals surface area contributed by atoms with Crippen LogP contribution in [0.25, 0.3) is 10.8 Å². The van der Waals surface area contributed by atoms with Gasteiger partial charge in [-0.2, -0.15) is 4.31 Å². The molecule has 4 rings (SSSR count). The largest absolute Gasteiger partial charge is 0.353 e. The Labute approximate surface area is 138 Å². The van der Waals surface area contributed by atoms with Crippen molar-refractivity contribution in [2.45, 2.75) is 29.8 Å². The fourth-order valence-corrected chi connectivity index (χ4v) is 5.74. The molecule has 3 heterocycles. The van der Waals surface area contributed by atoms with Crippen molar-refractivity contribution >= 4 is 38.3 Å². The minimum Gasteiger partial charge on any atom is -0.353 e. The van der Waals surface area contributed by atoms with Crippen LogP contribution in [0.15, 0.2) is 35.4 Å². The van der Waals surface area contributed by atoms with Crippen LogP contribution in [0.4, 0.5) is 0 Å². The third-order valence-electron chi connectivity index (χ3n) is 4.53. The Morgan fingerprint density at radius 1 is 1.22 bits per heavy atom. The molecule has 0 spiro atoms. The van der Waals surface area contributed by atoms with Crippen molar-refractivity contribution in [3.05, 3.63) is 35.6 Å². The van der Waals surface area contributed by atoms with Crippen LogP contribution in [0.3, 0.4) is 0 Å². The molecule has 0 aliphatic carbocycles. The molecule has 2 unspecified atom stereocenters. The number of hydrogen-bond acceptors (Lipinski definition) is 4. The van der Waals surface area contributed by atoms with Crippen LogP contribution in [0.2, 0.25) is 5.15 Å². The van der Waals surface area contributed by atoms with Crippen molar-refractivity contribution in [1.82, 2.24) is 14.6 Å². The number of nitrogens with zero attached hydrogens (tertiary/aromatic N) is 2. The molecule has 0 radical (unpaired) electrons. The molecule has 6 nitrogen and oxygen atoms in total. The average molecular weight is 352 g/mol. The van der Waals surface area contributed by atoms with Crippen molar-refractivity contribution in [1.29, 1.82) is 0 Å². The topological polar surface area (TPSA) is 79.4 Å². The highest BCUT2D eigenvalue weighted by atomic mass is 35.5. The van der Waals surface area contributed by atoms with E-state index in [-0.39, 0.29) is 22.0 Å². The predicted molar refractivity (Wildman–Crippen MR) is 85.6 cm³/mol. The van der Waals surface area contributed by atoms with E-state index in [0.717, 1.165) is 0 Å². The number of carbonyl (C=O) groups is 1. The monoisotopic (exact) mass is 351 g/mol. The van der Waals surface area contributed by atoms with E-state index in [4.69, 9.17) is 11.6 Å². The van der Waals surface area contributed by atoms with E-state index in [1.54, 1.807) is 24.3 Å².